The molecule has 0 aromatic carbocycles. The van der Waals surface area contributed by atoms with Gasteiger partial charge in [0.1, 0.15) is 16.1 Å². The van der Waals surface area contributed by atoms with Crippen molar-refractivity contribution in [1.29, 1.82) is 0 Å². The maximum atomic E-state index is 11.3. The van der Waals surface area contributed by atoms with Gasteiger partial charge in [-0.2, -0.15) is 0 Å². The Hall–Kier alpha value is -2.11. The van der Waals surface area contributed by atoms with Gasteiger partial charge < -0.3 is 4.90 Å². The molecule has 0 radical (unpaired) electrons. The van der Waals surface area contributed by atoms with Crippen LogP contribution in [-0.2, 0) is 10.0 Å². The van der Waals surface area contributed by atoms with Crippen LogP contribution in [0.4, 0.5) is 5.82 Å². The lowest BCUT2D eigenvalue weighted by Crippen LogP contribution is -2.30. The Morgan fingerprint density at radius 2 is 2.15 bits per heavy atom. The molecule has 1 unspecified atom stereocenters. The molecule has 0 bridgehead atoms. The molecule has 1 aliphatic heterocycles. The molecular weight excluding hydrogens is 434 g/mol. The Bertz CT molecular complexity index is 1090. The second-order valence-corrected chi connectivity index (χ2v) is 9.19. The maximum Gasteiger partial charge on any atom is 0.208 e. The zero-order chi connectivity index (χ0) is 19.0. The van der Waals surface area contributed by atoms with Crippen LogP contribution in [0, 0.1) is 5.92 Å². The second-order valence-electron chi connectivity index (χ2n) is 6.54. The number of nitrogens with one attached hydrogen (secondary N) is 1. The van der Waals surface area contributed by atoms with Crippen molar-refractivity contribution >= 4 is 37.4 Å². The zero-order valence-electron chi connectivity index (χ0n) is 14.6. The van der Waals surface area contributed by atoms with Crippen LogP contribution < -0.4 is 9.62 Å². The molecule has 9 nitrogen and oxygen atoms in total. The van der Waals surface area contributed by atoms with Crippen LogP contribution in [-0.4, -0.2) is 58.6 Å². The highest BCUT2D eigenvalue weighted by atomic mass is 79.9. The lowest BCUT2D eigenvalue weighted by atomic mass is 10.1. The average molecular weight is 452 g/mol. The fourth-order valence-corrected chi connectivity index (χ4v) is 4.00. The molecule has 1 aliphatic rings. The van der Waals surface area contributed by atoms with Crippen LogP contribution in [0.15, 0.2) is 35.5 Å². The van der Waals surface area contributed by atoms with Gasteiger partial charge in [-0.1, -0.05) is 0 Å². The van der Waals surface area contributed by atoms with Crippen molar-refractivity contribution in [3.05, 3.63) is 35.5 Å². The standard InChI is InChI=1S/C16H18BrN7O2S/c1-27(25,26)21-6-11-3-5-23(9-11)14-2-4-18-16(22-14)12-7-20-15-8-19-13(17)10-24(12)15/h2,4,7-8,10-11,21H,3,5-6,9H2,1H3. The normalized spacial score (nSPS) is 17.7. The topological polar surface area (TPSA) is 105 Å². The summed E-state index contributed by atoms with van der Waals surface area (Å²) in [5.74, 6) is 1.66. The van der Waals surface area contributed by atoms with E-state index in [-0.39, 0.29) is 5.92 Å². The molecule has 0 aliphatic carbocycles. The molecule has 0 spiro atoms. The lowest BCUT2D eigenvalue weighted by molar-refractivity contribution is 0.545. The monoisotopic (exact) mass is 451 g/mol. The Balaban J connectivity index is 1.55. The summed E-state index contributed by atoms with van der Waals surface area (Å²) in [6.45, 7) is 2.03. The van der Waals surface area contributed by atoms with Gasteiger partial charge in [-0.25, -0.2) is 33.1 Å². The van der Waals surface area contributed by atoms with Gasteiger partial charge in [-0.05, 0) is 34.3 Å². The third-order valence-electron chi connectivity index (χ3n) is 4.48. The van der Waals surface area contributed by atoms with Crippen molar-refractivity contribution in [3.63, 3.8) is 0 Å². The van der Waals surface area contributed by atoms with E-state index in [1.165, 1.54) is 6.26 Å². The number of anilines is 1. The molecule has 11 heteroatoms. The Labute approximate surface area is 165 Å². The van der Waals surface area contributed by atoms with Crippen molar-refractivity contribution < 1.29 is 8.42 Å². The Morgan fingerprint density at radius 1 is 1.30 bits per heavy atom. The smallest absolute Gasteiger partial charge is 0.208 e. The molecule has 4 rings (SSSR count). The molecule has 4 heterocycles. The number of imidazole rings is 1. The van der Waals surface area contributed by atoms with Gasteiger partial charge in [-0.15, -0.1) is 0 Å². The number of halogens is 1. The van der Waals surface area contributed by atoms with Gasteiger partial charge in [0.2, 0.25) is 10.0 Å². The summed E-state index contributed by atoms with van der Waals surface area (Å²) >= 11 is 3.37. The molecule has 0 saturated carbocycles. The third-order valence-corrected chi connectivity index (χ3v) is 5.58. The van der Waals surface area contributed by atoms with Crippen molar-refractivity contribution in [3.8, 4) is 11.5 Å². The maximum absolute atomic E-state index is 11.3. The minimum Gasteiger partial charge on any atom is -0.356 e. The number of nitrogens with zero attached hydrogens (tertiary/aromatic N) is 6. The van der Waals surface area contributed by atoms with E-state index in [2.05, 4.69) is 40.5 Å². The number of fused-ring (bicyclic) bond motifs is 1. The van der Waals surface area contributed by atoms with E-state index >= 15 is 0 Å². The number of sulfonamides is 1. The molecule has 1 fully saturated rings. The van der Waals surface area contributed by atoms with Crippen LogP contribution in [0.25, 0.3) is 17.2 Å². The van der Waals surface area contributed by atoms with E-state index < -0.39 is 10.0 Å². The highest BCUT2D eigenvalue weighted by Gasteiger charge is 2.24. The SMILES string of the molecule is CS(=O)(=O)NCC1CCN(c2ccnc(-c3cnc4cnc(Br)cn34)n2)C1. The molecule has 3 aromatic heterocycles. The minimum absolute atomic E-state index is 0.260. The Morgan fingerprint density at radius 3 is 2.96 bits per heavy atom. The summed E-state index contributed by atoms with van der Waals surface area (Å²) in [5, 5.41) is 0. The third kappa shape index (κ3) is 4.09. The first-order valence-corrected chi connectivity index (χ1v) is 11.1. The van der Waals surface area contributed by atoms with Crippen LogP contribution in [0.1, 0.15) is 6.42 Å². The molecule has 1 N–H and O–H groups in total. The molecule has 27 heavy (non-hydrogen) atoms. The Kier molecular flexibility index (Phi) is 4.82. The summed E-state index contributed by atoms with van der Waals surface area (Å²) in [6.07, 6.45) is 9.06. The van der Waals surface area contributed by atoms with Crippen LogP contribution in [0.2, 0.25) is 0 Å². The quantitative estimate of drug-likeness (QED) is 0.623. The average Bonchev–Trinajstić information content (AvgIpc) is 3.26. The summed E-state index contributed by atoms with van der Waals surface area (Å²) in [4.78, 5) is 19.8. The minimum atomic E-state index is -3.17. The van der Waals surface area contributed by atoms with E-state index in [0.29, 0.717) is 17.0 Å². The zero-order valence-corrected chi connectivity index (χ0v) is 17.0. The van der Waals surface area contributed by atoms with Gasteiger partial charge in [-0.3, -0.25) is 4.40 Å². The molecule has 3 aromatic rings. The predicted octanol–water partition coefficient (Wildman–Crippen LogP) is 1.32. The molecule has 142 valence electrons. The molecule has 0 amide bonds. The van der Waals surface area contributed by atoms with Gasteiger partial charge in [0.25, 0.3) is 0 Å². The van der Waals surface area contributed by atoms with Crippen LogP contribution in [0.5, 0.6) is 0 Å². The first kappa shape index (κ1) is 18.3. The first-order valence-electron chi connectivity index (χ1n) is 8.41. The number of aromatic nitrogens is 5. The van der Waals surface area contributed by atoms with Crippen molar-refractivity contribution in [2.45, 2.75) is 6.42 Å². The predicted molar refractivity (Wildman–Crippen MR) is 105 cm³/mol. The van der Waals surface area contributed by atoms with Crippen molar-refractivity contribution in [2.24, 2.45) is 5.92 Å². The summed E-state index contributed by atoms with van der Waals surface area (Å²) in [6, 6.07) is 1.87. The summed E-state index contributed by atoms with van der Waals surface area (Å²) < 4.78 is 27.7. The molecule has 1 atom stereocenters. The van der Waals surface area contributed by atoms with E-state index in [1.807, 2.05) is 16.7 Å². The number of rotatable bonds is 5. The van der Waals surface area contributed by atoms with E-state index in [1.54, 1.807) is 18.6 Å². The number of hydrogen-bond acceptors (Lipinski definition) is 7. The first-order chi connectivity index (χ1) is 12.9. The summed E-state index contributed by atoms with van der Waals surface area (Å²) in [5.41, 5.74) is 1.50. The van der Waals surface area contributed by atoms with Crippen LogP contribution >= 0.6 is 15.9 Å². The van der Waals surface area contributed by atoms with Gasteiger partial charge in [0.05, 0.1) is 18.6 Å². The molecule has 1 saturated heterocycles. The highest BCUT2D eigenvalue weighted by Crippen LogP contribution is 2.24. The molecular formula is C16H18BrN7O2S. The second kappa shape index (κ2) is 7.13. The largest absolute Gasteiger partial charge is 0.356 e. The van der Waals surface area contributed by atoms with Gasteiger partial charge >= 0.3 is 0 Å². The van der Waals surface area contributed by atoms with Crippen molar-refractivity contribution in [1.82, 2.24) is 29.1 Å². The van der Waals surface area contributed by atoms with E-state index in [9.17, 15) is 8.42 Å². The van der Waals surface area contributed by atoms with E-state index in [4.69, 9.17) is 4.98 Å². The fourth-order valence-electron chi connectivity index (χ4n) is 3.16. The highest BCUT2D eigenvalue weighted by molar-refractivity contribution is 9.10. The van der Waals surface area contributed by atoms with Crippen LogP contribution in [0.3, 0.4) is 0 Å². The number of hydrogen-bond donors (Lipinski definition) is 1. The lowest BCUT2D eigenvalue weighted by Gasteiger charge is -2.18. The van der Waals surface area contributed by atoms with Crippen molar-refractivity contribution in [2.75, 3.05) is 30.8 Å². The summed E-state index contributed by atoms with van der Waals surface area (Å²) in [7, 11) is -3.17. The van der Waals surface area contributed by atoms with Gasteiger partial charge in [0.15, 0.2) is 11.5 Å². The van der Waals surface area contributed by atoms with E-state index in [0.717, 1.165) is 36.7 Å². The fraction of sp³-hybridized carbons (Fsp3) is 0.375. The van der Waals surface area contributed by atoms with Gasteiger partial charge in [0, 0.05) is 32.0 Å².